The molecular formula is C30H26N2O6S2. The maximum atomic E-state index is 13.9. The summed E-state index contributed by atoms with van der Waals surface area (Å²) in [6, 6.07) is 21.4. The minimum atomic E-state index is -0.841. The molecule has 2 atom stereocenters. The summed E-state index contributed by atoms with van der Waals surface area (Å²) in [5, 5.41) is 4.08. The Morgan fingerprint density at radius 2 is 1.65 bits per heavy atom. The van der Waals surface area contributed by atoms with Gasteiger partial charge in [0.15, 0.2) is 6.10 Å². The topological polar surface area (TPSA) is 102 Å². The van der Waals surface area contributed by atoms with E-state index in [1.165, 1.54) is 34.9 Å². The Morgan fingerprint density at radius 3 is 2.23 bits per heavy atom. The van der Waals surface area contributed by atoms with Crippen molar-refractivity contribution in [2.45, 2.75) is 30.9 Å². The first kappa shape index (κ1) is 27.4. The van der Waals surface area contributed by atoms with Crippen molar-refractivity contribution in [1.82, 2.24) is 10.2 Å². The molecule has 1 saturated heterocycles. The van der Waals surface area contributed by atoms with Gasteiger partial charge < -0.3 is 14.8 Å². The average Bonchev–Trinajstić information content (AvgIpc) is 3.47. The molecule has 3 heterocycles. The predicted molar refractivity (Wildman–Crippen MR) is 152 cm³/mol. The maximum absolute atomic E-state index is 13.9. The third-order valence-corrected chi connectivity index (χ3v) is 8.58. The number of hydrogen-bond donors (Lipinski definition) is 1. The molecule has 0 aliphatic carbocycles. The summed E-state index contributed by atoms with van der Waals surface area (Å²) in [7, 11) is 0. The van der Waals surface area contributed by atoms with Crippen LogP contribution in [0.2, 0.25) is 0 Å². The fourth-order valence-corrected chi connectivity index (χ4v) is 6.46. The molecule has 1 unspecified atom stereocenters. The summed E-state index contributed by atoms with van der Waals surface area (Å²) in [6.45, 7) is 5.08. The van der Waals surface area contributed by atoms with Crippen LogP contribution in [0.4, 0.5) is 0 Å². The van der Waals surface area contributed by atoms with Gasteiger partial charge in [-0.05, 0) is 22.6 Å². The number of thioether (sulfide) groups is 1. The average molecular weight is 575 g/mol. The van der Waals surface area contributed by atoms with Crippen LogP contribution in [-0.2, 0) is 35.1 Å². The molecule has 5 rings (SSSR count). The van der Waals surface area contributed by atoms with Crippen LogP contribution in [0.3, 0.4) is 0 Å². The van der Waals surface area contributed by atoms with Crippen LogP contribution >= 0.6 is 23.1 Å². The first-order valence-electron chi connectivity index (χ1n) is 12.5. The molecule has 8 nitrogen and oxygen atoms in total. The van der Waals surface area contributed by atoms with Crippen LogP contribution in [-0.4, -0.2) is 46.7 Å². The molecule has 0 saturated carbocycles. The molecule has 1 N–H and O–H groups in total. The lowest BCUT2D eigenvalue weighted by atomic mass is 10.00. The van der Waals surface area contributed by atoms with E-state index in [2.05, 4.69) is 11.9 Å². The van der Waals surface area contributed by atoms with Gasteiger partial charge in [-0.1, -0.05) is 85.1 Å². The second-order valence-corrected chi connectivity index (χ2v) is 11.4. The van der Waals surface area contributed by atoms with Gasteiger partial charge in [0.2, 0.25) is 5.91 Å². The Labute approximate surface area is 239 Å². The molecule has 0 bridgehead atoms. The molecule has 0 radical (unpaired) electrons. The van der Waals surface area contributed by atoms with Crippen LogP contribution in [0.25, 0.3) is 0 Å². The minimum Gasteiger partial charge on any atom is -0.461 e. The van der Waals surface area contributed by atoms with Crippen molar-refractivity contribution in [1.29, 1.82) is 0 Å². The zero-order valence-corrected chi connectivity index (χ0v) is 23.2. The molecule has 1 aromatic heterocycles. The van der Waals surface area contributed by atoms with Crippen LogP contribution in [0.5, 0.6) is 0 Å². The highest BCUT2D eigenvalue weighted by Crippen LogP contribution is 2.46. The zero-order valence-electron chi connectivity index (χ0n) is 21.6. The molecule has 2 amide bonds. The van der Waals surface area contributed by atoms with Crippen molar-refractivity contribution in [2.75, 3.05) is 6.61 Å². The fraction of sp³-hybridized carbons (Fsp3) is 0.200. The lowest BCUT2D eigenvalue weighted by Gasteiger charge is -2.50. The number of rotatable bonds is 9. The maximum Gasteiger partial charge on any atom is 0.356 e. The number of esters is 2. The SMILES string of the molecule is C=C1S[C@H]2C(NC(=O)Cc3cccs3)C(=O)N2C(C(=O)OC(c2ccccc2)c2ccccc2)=C1COC(C)=O. The monoisotopic (exact) mass is 574 g/mol. The molecule has 40 heavy (non-hydrogen) atoms. The van der Waals surface area contributed by atoms with Crippen molar-refractivity contribution in [3.05, 3.63) is 117 Å². The Balaban J connectivity index is 1.44. The van der Waals surface area contributed by atoms with E-state index >= 15 is 0 Å². The van der Waals surface area contributed by atoms with E-state index in [1.807, 2.05) is 78.2 Å². The van der Waals surface area contributed by atoms with Crippen LogP contribution in [0.1, 0.15) is 29.0 Å². The number of ether oxygens (including phenoxy) is 2. The first-order chi connectivity index (χ1) is 19.3. The summed E-state index contributed by atoms with van der Waals surface area (Å²) < 4.78 is 11.3. The second kappa shape index (κ2) is 11.9. The van der Waals surface area contributed by atoms with E-state index in [0.717, 1.165) is 16.0 Å². The van der Waals surface area contributed by atoms with E-state index in [9.17, 15) is 19.2 Å². The number of fused-ring (bicyclic) bond motifs is 1. The molecule has 204 valence electrons. The second-order valence-electron chi connectivity index (χ2n) is 9.16. The molecule has 3 aromatic rings. The van der Waals surface area contributed by atoms with Crippen LogP contribution in [0, 0.1) is 0 Å². The Kier molecular flexibility index (Phi) is 8.18. The van der Waals surface area contributed by atoms with Gasteiger partial charge in [-0.15, -0.1) is 11.3 Å². The number of carbonyl (C=O) groups is 4. The van der Waals surface area contributed by atoms with Gasteiger partial charge in [-0.25, -0.2) is 4.79 Å². The summed E-state index contributed by atoms with van der Waals surface area (Å²) >= 11 is 2.69. The highest BCUT2D eigenvalue weighted by molar-refractivity contribution is 8.04. The zero-order chi connectivity index (χ0) is 28.2. The van der Waals surface area contributed by atoms with Gasteiger partial charge in [-0.2, -0.15) is 0 Å². The first-order valence-corrected chi connectivity index (χ1v) is 14.3. The number of β-lactam (4-membered cyclic amide) rings is 1. The smallest absolute Gasteiger partial charge is 0.356 e. The van der Waals surface area contributed by atoms with Gasteiger partial charge in [0, 0.05) is 22.3 Å². The lowest BCUT2D eigenvalue weighted by Crippen LogP contribution is -2.70. The number of carbonyl (C=O) groups excluding carboxylic acids is 4. The lowest BCUT2D eigenvalue weighted by molar-refractivity contribution is -0.154. The number of nitrogens with zero attached hydrogens (tertiary/aromatic N) is 1. The number of amides is 2. The molecule has 2 aliphatic heterocycles. The van der Waals surface area contributed by atoms with E-state index in [4.69, 9.17) is 9.47 Å². The van der Waals surface area contributed by atoms with Gasteiger partial charge in [0.05, 0.1) is 6.42 Å². The summed E-state index contributed by atoms with van der Waals surface area (Å²) in [5.41, 5.74) is 1.75. The summed E-state index contributed by atoms with van der Waals surface area (Å²) in [4.78, 5) is 54.2. The fourth-order valence-electron chi connectivity index (χ4n) is 4.54. The third kappa shape index (κ3) is 5.73. The van der Waals surface area contributed by atoms with Crippen molar-refractivity contribution >= 4 is 46.9 Å². The van der Waals surface area contributed by atoms with Crippen molar-refractivity contribution in [3.8, 4) is 0 Å². The molecular weight excluding hydrogens is 548 g/mol. The van der Waals surface area contributed by atoms with E-state index in [1.54, 1.807) is 0 Å². The number of nitrogens with one attached hydrogen (secondary N) is 1. The Hall–Kier alpha value is -4.15. The molecule has 1 fully saturated rings. The molecule has 10 heteroatoms. The van der Waals surface area contributed by atoms with Gasteiger partial charge in [0.1, 0.15) is 23.7 Å². The third-order valence-electron chi connectivity index (χ3n) is 6.44. The van der Waals surface area contributed by atoms with Crippen molar-refractivity contribution in [3.63, 3.8) is 0 Å². The Bertz CT molecular complexity index is 1430. The summed E-state index contributed by atoms with van der Waals surface area (Å²) in [5.74, 6) is -2.05. The quantitative estimate of drug-likeness (QED) is 0.299. The van der Waals surface area contributed by atoms with Crippen LogP contribution < -0.4 is 5.32 Å². The van der Waals surface area contributed by atoms with Crippen LogP contribution in [0.15, 0.2) is 101 Å². The van der Waals surface area contributed by atoms with Gasteiger partial charge in [0.25, 0.3) is 5.91 Å². The standard InChI is InChI=1S/C30H26N2O6S2/c1-18-23(17-37-19(2)33)26(30(36)38-27(20-10-5-3-6-11-20)21-12-7-4-8-13-21)32-28(35)25(29(32)40-18)31-24(34)16-22-14-9-15-39-22/h3-15,25,27,29H,1,16-17H2,2H3,(H,31,34)/t25?,29-/m0/s1. The molecule has 2 aromatic carbocycles. The largest absolute Gasteiger partial charge is 0.461 e. The number of benzene rings is 2. The van der Waals surface area contributed by atoms with Crippen molar-refractivity contribution < 1.29 is 28.7 Å². The number of thiophene rings is 1. The normalized spacial score (nSPS) is 18.2. The molecule has 2 aliphatic rings. The highest BCUT2D eigenvalue weighted by Gasteiger charge is 2.55. The summed E-state index contributed by atoms with van der Waals surface area (Å²) in [6.07, 6.45) is -0.603. The van der Waals surface area contributed by atoms with E-state index in [-0.39, 0.29) is 30.2 Å². The van der Waals surface area contributed by atoms with Gasteiger partial charge >= 0.3 is 11.9 Å². The minimum absolute atomic E-state index is 0.0411. The highest BCUT2D eigenvalue weighted by atomic mass is 32.2. The Morgan fingerprint density at radius 1 is 1.00 bits per heavy atom. The number of hydrogen-bond acceptors (Lipinski definition) is 8. The van der Waals surface area contributed by atoms with E-state index in [0.29, 0.717) is 4.91 Å². The van der Waals surface area contributed by atoms with Gasteiger partial charge in [-0.3, -0.25) is 19.3 Å². The van der Waals surface area contributed by atoms with Crippen molar-refractivity contribution in [2.24, 2.45) is 0 Å². The predicted octanol–water partition coefficient (Wildman–Crippen LogP) is 4.35. The molecule has 0 spiro atoms. The van der Waals surface area contributed by atoms with E-state index < -0.39 is 35.4 Å².